The number of thioether (sulfide) groups is 1. The number of nitrogens with zero attached hydrogens (tertiary/aromatic N) is 4. The van der Waals surface area contributed by atoms with Crippen molar-refractivity contribution in [2.75, 3.05) is 31.3 Å². The summed E-state index contributed by atoms with van der Waals surface area (Å²) in [7, 11) is 3.97. The monoisotopic (exact) mass is 429 g/mol. The van der Waals surface area contributed by atoms with Gasteiger partial charge >= 0.3 is 0 Å². The highest BCUT2D eigenvalue weighted by molar-refractivity contribution is 7.99. The Balaban J connectivity index is 1.43. The Kier molecular flexibility index (Phi) is 5.87. The van der Waals surface area contributed by atoms with Crippen LogP contribution in [-0.4, -0.2) is 52.2 Å². The lowest BCUT2D eigenvalue weighted by molar-refractivity contribution is 0.135. The summed E-state index contributed by atoms with van der Waals surface area (Å²) in [5.74, 6) is 2.53. The molecule has 0 aliphatic carbocycles. The Morgan fingerprint density at radius 1 is 1.20 bits per heavy atom. The number of hydrogen-bond donors (Lipinski definition) is 3. The zero-order valence-electron chi connectivity index (χ0n) is 17.6. The Morgan fingerprint density at radius 3 is 2.77 bits per heavy atom. The lowest BCUT2D eigenvalue weighted by Crippen LogP contribution is -2.24. The number of hydrogen-bond acceptors (Lipinski definition) is 9. The normalized spacial score (nSPS) is 15.3. The third-order valence-electron chi connectivity index (χ3n) is 4.63. The number of anilines is 2. The summed E-state index contributed by atoms with van der Waals surface area (Å²) < 4.78 is 11.8. The predicted octanol–water partition coefficient (Wildman–Crippen LogP) is 2.78. The summed E-state index contributed by atoms with van der Waals surface area (Å²) in [6.45, 7) is 5.16. The van der Waals surface area contributed by atoms with Crippen molar-refractivity contribution in [1.82, 2.24) is 25.3 Å². The molecule has 1 unspecified atom stereocenters. The number of aromatic amines is 1. The molecule has 30 heavy (non-hydrogen) atoms. The first-order valence-corrected chi connectivity index (χ1v) is 10.8. The fraction of sp³-hybridized carbons (Fsp3) is 0.450. The molecule has 0 saturated heterocycles. The van der Waals surface area contributed by atoms with Gasteiger partial charge in [0.15, 0.2) is 28.1 Å². The third kappa shape index (κ3) is 4.54. The molecule has 10 heteroatoms. The molecule has 9 nitrogen and oxygen atoms in total. The van der Waals surface area contributed by atoms with Gasteiger partial charge in [0.1, 0.15) is 11.3 Å². The zero-order valence-corrected chi connectivity index (χ0v) is 18.4. The molecule has 0 fully saturated rings. The largest absolute Gasteiger partial charge is 0.441 e. The first kappa shape index (κ1) is 20.5. The minimum atomic E-state index is -0.534. The molecular weight excluding hydrogens is 402 g/mol. The molecule has 3 aromatic rings. The first-order valence-electron chi connectivity index (χ1n) is 9.96. The third-order valence-corrected chi connectivity index (χ3v) is 5.43. The van der Waals surface area contributed by atoms with Gasteiger partial charge in [0.05, 0.1) is 0 Å². The van der Waals surface area contributed by atoms with Crippen LogP contribution in [0, 0.1) is 0 Å². The van der Waals surface area contributed by atoms with Gasteiger partial charge in [-0.05, 0) is 36.9 Å². The lowest BCUT2D eigenvalue weighted by Gasteiger charge is -2.12. The van der Waals surface area contributed by atoms with Gasteiger partial charge in [0.2, 0.25) is 0 Å². The number of nitrogen functional groups attached to an aromatic ring is 1. The molecule has 0 bridgehead atoms. The maximum Gasteiger partial charge on any atom is 0.298 e. The molecule has 4 rings (SSSR count). The van der Waals surface area contributed by atoms with Gasteiger partial charge in [-0.25, -0.2) is 15.0 Å². The Bertz CT molecular complexity index is 1040. The van der Waals surface area contributed by atoms with Crippen LogP contribution in [-0.2, 0) is 6.42 Å². The second kappa shape index (κ2) is 8.57. The van der Waals surface area contributed by atoms with E-state index in [1.807, 2.05) is 37.2 Å². The van der Waals surface area contributed by atoms with Crippen LogP contribution in [0.25, 0.3) is 11.2 Å². The topological polar surface area (TPSA) is 114 Å². The van der Waals surface area contributed by atoms with E-state index in [1.54, 1.807) is 0 Å². The van der Waals surface area contributed by atoms with Crippen LogP contribution in [0.3, 0.4) is 0 Å². The number of imidazole rings is 1. The van der Waals surface area contributed by atoms with Crippen LogP contribution in [0.1, 0.15) is 26.1 Å². The standard InChI is InChI=1S/C20H27N7O2S/c1-11(2)22-9-5-6-15-23-17(21)16-18(24-15)26-19(25-16)30-20-28-13-8-7-12(27(3)4)10-14(13)29-20/h7-8,10-11,20,22H,5-6,9H2,1-4H3,(H3,21,23,24,25,26). The Morgan fingerprint density at radius 2 is 2.00 bits per heavy atom. The van der Waals surface area contributed by atoms with Crippen molar-refractivity contribution >= 4 is 34.4 Å². The van der Waals surface area contributed by atoms with Crippen molar-refractivity contribution in [1.29, 1.82) is 0 Å². The SMILES string of the molecule is CC(C)NCCCc1nc(N)c2[nH]c(SC3Oc4ccc(N(C)C)cc4O3)nc2n1. The van der Waals surface area contributed by atoms with Gasteiger partial charge in [-0.3, -0.25) is 0 Å². The minimum Gasteiger partial charge on any atom is -0.441 e. The van der Waals surface area contributed by atoms with E-state index in [4.69, 9.17) is 15.2 Å². The van der Waals surface area contributed by atoms with E-state index >= 15 is 0 Å². The van der Waals surface area contributed by atoms with Gasteiger partial charge in [-0.15, -0.1) is 0 Å². The number of aromatic nitrogens is 4. The lowest BCUT2D eigenvalue weighted by atomic mass is 10.2. The average molecular weight is 430 g/mol. The number of aryl methyl sites for hydroxylation is 1. The van der Waals surface area contributed by atoms with Crippen LogP contribution in [0.5, 0.6) is 11.5 Å². The fourth-order valence-corrected chi connectivity index (χ4v) is 3.87. The molecule has 160 valence electrons. The fourth-order valence-electron chi connectivity index (χ4n) is 3.08. The maximum absolute atomic E-state index is 6.13. The van der Waals surface area contributed by atoms with Crippen LogP contribution in [0.4, 0.5) is 11.5 Å². The van der Waals surface area contributed by atoms with E-state index in [0.29, 0.717) is 45.5 Å². The molecule has 2 aromatic heterocycles. The molecule has 1 atom stereocenters. The number of fused-ring (bicyclic) bond motifs is 2. The smallest absolute Gasteiger partial charge is 0.298 e. The molecule has 0 amide bonds. The second-order valence-electron chi connectivity index (χ2n) is 7.65. The summed E-state index contributed by atoms with van der Waals surface area (Å²) in [4.78, 5) is 18.7. The van der Waals surface area contributed by atoms with E-state index in [-0.39, 0.29) is 0 Å². The molecule has 3 heterocycles. The highest BCUT2D eigenvalue weighted by atomic mass is 32.2. The number of benzene rings is 1. The minimum absolute atomic E-state index is 0.401. The van der Waals surface area contributed by atoms with Crippen molar-refractivity contribution in [3.05, 3.63) is 24.0 Å². The van der Waals surface area contributed by atoms with E-state index in [9.17, 15) is 0 Å². The van der Waals surface area contributed by atoms with Crippen molar-refractivity contribution in [2.45, 2.75) is 43.5 Å². The van der Waals surface area contributed by atoms with Crippen LogP contribution in [0.15, 0.2) is 23.4 Å². The number of ether oxygens (including phenoxy) is 2. The van der Waals surface area contributed by atoms with Crippen LogP contribution in [0.2, 0.25) is 0 Å². The summed E-state index contributed by atoms with van der Waals surface area (Å²) in [5, 5.41) is 4.01. The van der Waals surface area contributed by atoms with E-state index in [2.05, 4.69) is 39.1 Å². The number of nitrogens with one attached hydrogen (secondary N) is 2. The summed E-state index contributed by atoms with van der Waals surface area (Å²) in [6.07, 6.45) is 1.68. The van der Waals surface area contributed by atoms with Gasteiger partial charge in [-0.2, -0.15) is 0 Å². The molecule has 1 aromatic carbocycles. The summed E-state index contributed by atoms with van der Waals surface area (Å²) in [5.41, 5.74) is 7.83. The van der Waals surface area contributed by atoms with E-state index < -0.39 is 5.62 Å². The Hall–Kier alpha value is -2.72. The van der Waals surface area contributed by atoms with Gasteiger partial charge in [0.25, 0.3) is 5.62 Å². The number of rotatable bonds is 8. The zero-order chi connectivity index (χ0) is 21.3. The molecule has 0 radical (unpaired) electrons. The highest BCUT2D eigenvalue weighted by Gasteiger charge is 2.27. The van der Waals surface area contributed by atoms with Crippen molar-refractivity contribution < 1.29 is 9.47 Å². The van der Waals surface area contributed by atoms with Crippen LogP contribution < -0.4 is 25.4 Å². The number of H-pyrrole nitrogens is 1. The first-order chi connectivity index (χ1) is 14.4. The van der Waals surface area contributed by atoms with Crippen molar-refractivity contribution in [3.8, 4) is 11.5 Å². The van der Waals surface area contributed by atoms with Crippen molar-refractivity contribution in [2.24, 2.45) is 0 Å². The molecule has 4 N–H and O–H groups in total. The highest BCUT2D eigenvalue weighted by Crippen LogP contribution is 2.41. The van der Waals surface area contributed by atoms with Crippen LogP contribution >= 0.6 is 11.8 Å². The van der Waals surface area contributed by atoms with E-state index in [1.165, 1.54) is 11.8 Å². The Labute approximate surface area is 179 Å². The van der Waals surface area contributed by atoms with E-state index in [0.717, 1.165) is 25.1 Å². The second-order valence-corrected chi connectivity index (χ2v) is 8.65. The van der Waals surface area contributed by atoms with Gasteiger partial charge in [0, 0.05) is 38.3 Å². The molecule has 0 spiro atoms. The van der Waals surface area contributed by atoms with Gasteiger partial charge < -0.3 is 30.4 Å². The molecule has 0 saturated carbocycles. The van der Waals surface area contributed by atoms with Gasteiger partial charge in [-0.1, -0.05) is 13.8 Å². The predicted molar refractivity (Wildman–Crippen MR) is 119 cm³/mol. The summed E-state index contributed by atoms with van der Waals surface area (Å²) in [6, 6.07) is 6.32. The average Bonchev–Trinajstić information content (AvgIpc) is 3.27. The summed E-state index contributed by atoms with van der Waals surface area (Å²) >= 11 is 1.33. The molecule has 1 aliphatic heterocycles. The number of nitrogens with two attached hydrogens (primary N) is 1. The van der Waals surface area contributed by atoms with Crippen molar-refractivity contribution in [3.63, 3.8) is 0 Å². The quantitative estimate of drug-likeness (QED) is 0.465. The maximum atomic E-state index is 6.13. The molecular formula is C20H27N7O2S. The molecule has 1 aliphatic rings.